The molecule has 0 aliphatic carbocycles. The van der Waals surface area contributed by atoms with Gasteiger partial charge >= 0.3 is 0 Å². The van der Waals surface area contributed by atoms with Crippen molar-refractivity contribution in [2.75, 3.05) is 28.7 Å². The monoisotopic (exact) mass is 476 g/mol. The summed E-state index contributed by atoms with van der Waals surface area (Å²) >= 11 is 3.71. The van der Waals surface area contributed by atoms with E-state index in [0.717, 1.165) is 19.0 Å². The standard InChI is InChI=1S/C16H17IN2O3S2/c1-23-15-5-3-4-13(10-15)18-16(20)11-19(24(2,21)22)14-8-6-12(17)7-9-14/h3-10H,11H2,1-2H3,(H,18,20). The van der Waals surface area contributed by atoms with Gasteiger partial charge in [0.15, 0.2) is 0 Å². The number of nitrogens with zero attached hydrogens (tertiary/aromatic N) is 1. The van der Waals surface area contributed by atoms with E-state index >= 15 is 0 Å². The molecule has 8 heteroatoms. The summed E-state index contributed by atoms with van der Waals surface area (Å²) in [6, 6.07) is 14.4. The lowest BCUT2D eigenvalue weighted by atomic mass is 10.3. The van der Waals surface area contributed by atoms with Crippen LogP contribution in [-0.2, 0) is 14.8 Å². The summed E-state index contributed by atoms with van der Waals surface area (Å²) < 4.78 is 26.2. The summed E-state index contributed by atoms with van der Waals surface area (Å²) in [5.74, 6) is -0.391. The second kappa shape index (κ2) is 8.21. The van der Waals surface area contributed by atoms with Crippen LogP contribution in [0.2, 0.25) is 0 Å². The van der Waals surface area contributed by atoms with Crippen molar-refractivity contribution < 1.29 is 13.2 Å². The molecule has 0 aliphatic rings. The molecule has 5 nitrogen and oxygen atoms in total. The average Bonchev–Trinajstić information content (AvgIpc) is 2.53. The zero-order valence-electron chi connectivity index (χ0n) is 13.2. The number of carbonyl (C=O) groups is 1. The lowest BCUT2D eigenvalue weighted by molar-refractivity contribution is -0.114. The van der Waals surface area contributed by atoms with Gasteiger partial charge in [0.1, 0.15) is 6.54 Å². The molecule has 1 amide bonds. The van der Waals surface area contributed by atoms with Gasteiger partial charge in [0.05, 0.1) is 11.9 Å². The summed E-state index contributed by atoms with van der Waals surface area (Å²) in [7, 11) is -3.57. The van der Waals surface area contributed by atoms with Crippen molar-refractivity contribution in [3.8, 4) is 0 Å². The molecule has 128 valence electrons. The van der Waals surface area contributed by atoms with Gasteiger partial charge in [0, 0.05) is 14.2 Å². The fourth-order valence-electron chi connectivity index (χ4n) is 2.04. The maximum Gasteiger partial charge on any atom is 0.245 e. The fourth-order valence-corrected chi connectivity index (χ4v) is 3.71. The molecule has 0 bridgehead atoms. The Labute approximate surface area is 160 Å². The van der Waals surface area contributed by atoms with Crippen LogP contribution in [0.4, 0.5) is 11.4 Å². The number of amides is 1. The average molecular weight is 476 g/mol. The molecule has 2 rings (SSSR count). The van der Waals surface area contributed by atoms with Gasteiger partial charge in [-0.25, -0.2) is 8.42 Å². The molecule has 0 aliphatic heterocycles. The van der Waals surface area contributed by atoms with Crippen LogP contribution in [0.3, 0.4) is 0 Å². The van der Waals surface area contributed by atoms with E-state index in [-0.39, 0.29) is 6.54 Å². The summed E-state index contributed by atoms with van der Waals surface area (Å²) in [6.45, 7) is -0.275. The number of thioether (sulfide) groups is 1. The topological polar surface area (TPSA) is 66.5 Å². The molecule has 0 radical (unpaired) electrons. The van der Waals surface area contributed by atoms with Gasteiger partial charge in [0.25, 0.3) is 0 Å². The summed E-state index contributed by atoms with van der Waals surface area (Å²) in [4.78, 5) is 13.3. The Balaban J connectivity index is 2.17. The number of hydrogen-bond acceptors (Lipinski definition) is 4. The largest absolute Gasteiger partial charge is 0.324 e. The van der Waals surface area contributed by atoms with Crippen molar-refractivity contribution in [1.82, 2.24) is 0 Å². The number of rotatable bonds is 6. The first-order valence-electron chi connectivity index (χ1n) is 6.97. The van der Waals surface area contributed by atoms with Crippen LogP contribution in [-0.4, -0.2) is 33.4 Å². The highest BCUT2D eigenvalue weighted by Gasteiger charge is 2.20. The molecule has 0 atom stereocenters. The maximum absolute atomic E-state index is 12.3. The van der Waals surface area contributed by atoms with Crippen molar-refractivity contribution in [2.45, 2.75) is 4.90 Å². The van der Waals surface area contributed by atoms with Crippen LogP contribution in [0.1, 0.15) is 0 Å². The molecule has 0 fully saturated rings. The van der Waals surface area contributed by atoms with Gasteiger partial charge in [-0.2, -0.15) is 0 Å². The van der Waals surface area contributed by atoms with Crippen molar-refractivity contribution in [1.29, 1.82) is 0 Å². The van der Waals surface area contributed by atoms with Gasteiger partial charge in [0.2, 0.25) is 15.9 Å². The highest BCUT2D eigenvalue weighted by atomic mass is 127. The molecule has 1 N–H and O–H groups in total. The molecular formula is C16H17IN2O3S2. The van der Waals surface area contributed by atoms with E-state index in [4.69, 9.17) is 0 Å². The Kier molecular flexibility index (Phi) is 6.53. The molecule has 24 heavy (non-hydrogen) atoms. The van der Waals surface area contributed by atoms with Gasteiger partial charge in [-0.3, -0.25) is 9.10 Å². The van der Waals surface area contributed by atoms with Crippen LogP contribution in [0.5, 0.6) is 0 Å². The fraction of sp³-hybridized carbons (Fsp3) is 0.188. The van der Waals surface area contributed by atoms with Gasteiger partial charge < -0.3 is 5.32 Å². The second-order valence-electron chi connectivity index (χ2n) is 5.03. The number of hydrogen-bond donors (Lipinski definition) is 1. The van der Waals surface area contributed by atoms with Crippen LogP contribution in [0.25, 0.3) is 0 Å². The SMILES string of the molecule is CSc1cccc(NC(=O)CN(c2ccc(I)cc2)S(C)(=O)=O)c1. The first kappa shape index (κ1) is 19.1. The molecule has 0 aromatic heterocycles. The Hall–Kier alpha value is -1.26. The number of carbonyl (C=O) groups excluding carboxylic acids is 1. The first-order chi connectivity index (χ1) is 11.3. The Bertz CT molecular complexity index is 823. The van der Waals surface area contributed by atoms with E-state index in [0.29, 0.717) is 11.4 Å². The van der Waals surface area contributed by atoms with Crippen molar-refractivity contribution in [3.63, 3.8) is 0 Å². The predicted molar refractivity (Wildman–Crippen MR) is 108 cm³/mol. The third-order valence-electron chi connectivity index (χ3n) is 3.16. The third-order valence-corrected chi connectivity index (χ3v) is 5.74. The molecule has 0 unspecified atom stereocenters. The number of nitrogens with one attached hydrogen (secondary N) is 1. The molecule has 0 saturated heterocycles. The van der Waals surface area contributed by atoms with Crippen LogP contribution >= 0.6 is 34.4 Å². The van der Waals surface area contributed by atoms with Gasteiger partial charge in [-0.1, -0.05) is 6.07 Å². The van der Waals surface area contributed by atoms with E-state index in [1.807, 2.05) is 24.5 Å². The Morgan fingerprint density at radius 2 is 1.88 bits per heavy atom. The Morgan fingerprint density at radius 3 is 2.46 bits per heavy atom. The van der Waals surface area contributed by atoms with Gasteiger partial charge in [-0.15, -0.1) is 11.8 Å². The van der Waals surface area contributed by atoms with E-state index in [9.17, 15) is 13.2 Å². The number of halogens is 1. The predicted octanol–water partition coefficient (Wildman–Crippen LogP) is 3.42. The lowest BCUT2D eigenvalue weighted by Crippen LogP contribution is -2.37. The first-order valence-corrected chi connectivity index (χ1v) is 11.1. The van der Waals surface area contributed by atoms with Gasteiger partial charge in [-0.05, 0) is 71.3 Å². The number of anilines is 2. The highest BCUT2D eigenvalue weighted by molar-refractivity contribution is 14.1. The van der Waals surface area contributed by atoms with E-state index in [1.54, 1.807) is 42.1 Å². The Morgan fingerprint density at radius 1 is 1.21 bits per heavy atom. The minimum atomic E-state index is -3.57. The van der Waals surface area contributed by atoms with Crippen molar-refractivity contribution in [3.05, 3.63) is 52.1 Å². The minimum Gasteiger partial charge on any atom is -0.324 e. The molecule has 2 aromatic rings. The second-order valence-corrected chi connectivity index (χ2v) is 9.06. The number of sulfonamides is 1. The summed E-state index contributed by atoms with van der Waals surface area (Å²) in [6.07, 6.45) is 3.04. The molecule has 0 saturated carbocycles. The lowest BCUT2D eigenvalue weighted by Gasteiger charge is -2.22. The molecular weight excluding hydrogens is 459 g/mol. The van der Waals surface area contributed by atoms with Crippen LogP contribution in [0.15, 0.2) is 53.4 Å². The zero-order chi connectivity index (χ0) is 17.7. The summed E-state index contributed by atoms with van der Waals surface area (Å²) in [5.41, 5.74) is 1.11. The van der Waals surface area contributed by atoms with Crippen LogP contribution in [0, 0.1) is 3.57 Å². The van der Waals surface area contributed by atoms with E-state index in [1.165, 1.54) is 0 Å². The molecule has 0 heterocycles. The van der Waals surface area contributed by atoms with Crippen molar-refractivity contribution >= 4 is 61.7 Å². The number of benzene rings is 2. The van der Waals surface area contributed by atoms with E-state index in [2.05, 4.69) is 27.9 Å². The normalized spacial score (nSPS) is 11.1. The molecule has 0 spiro atoms. The third kappa shape index (κ3) is 5.38. The smallest absolute Gasteiger partial charge is 0.245 e. The quantitative estimate of drug-likeness (QED) is 0.513. The van der Waals surface area contributed by atoms with Crippen molar-refractivity contribution in [2.24, 2.45) is 0 Å². The minimum absolute atomic E-state index is 0.275. The van der Waals surface area contributed by atoms with E-state index < -0.39 is 15.9 Å². The van der Waals surface area contributed by atoms with Crippen LogP contribution < -0.4 is 9.62 Å². The zero-order valence-corrected chi connectivity index (χ0v) is 17.0. The maximum atomic E-state index is 12.3. The summed E-state index contributed by atoms with van der Waals surface area (Å²) in [5, 5.41) is 2.74. The molecule has 2 aromatic carbocycles. The highest BCUT2D eigenvalue weighted by Crippen LogP contribution is 2.21.